The number of aromatic nitrogens is 1. The Balaban J connectivity index is 1.67. The van der Waals surface area contributed by atoms with Crippen molar-refractivity contribution < 1.29 is 32.7 Å². The first-order chi connectivity index (χ1) is 14.4. The fourth-order valence-corrected chi connectivity index (χ4v) is 4.42. The number of morpholine rings is 1. The van der Waals surface area contributed by atoms with E-state index in [1.165, 1.54) is 4.90 Å². The largest absolute Gasteiger partial charge is 0.447 e. The Labute approximate surface area is 172 Å². The second-order valence-electron chi connectivity index (χ2n) is 8.04. The minimum atomic E-state index is -0.710. The molecule has 162 valence electrons. The topological polar surface area (TPSA) is 86.5 Å². The molecule has 0 spiro atoms. The molecule has 0 bridgehead atoms. The molecule has 4 heterocycles. The molecule has 3 saturated heterocycles. The predicted octanol–water partition coefficient (Wildman–Crippen LogP) is 2.97. The molecule has 3 fully saturated rings. The quantitative estimate of drug-likeness (QED) is 0.748. The van der Waals surface area contributed by atoms with E-state index in [0.717, 1.165) is 0 Å². The first kappa shape index (κ1) is 19.5. The van der Waals surface area contributed by atoms with Gasteiger partial charge >= 0.3 is 6.09 Å². The molecule has 3 aliphatic heterocycles. The van der Waals surface area contributed by atoms with Crippen molar-refractivity contribution in [2.24, 2.45) is 0 Å². The number of carbonyl (C=O) groups excluding carboxylic acids is 1. The third-order valence-electron chi connectivity index (χ3n) is 5.61. The summed E-state index contributed by atoms with van der Waals surface area (Å²) in [5.74, 6) is -0.324. The van der Waals surface area contributed by atoms with Crippen molar-refractivity contribution >= 4 is 28.6 Å². The molecule has 3 atom stereocenters. The van der Waals surface area contributed by atoms with Crippen LogP contribution in [0.2, 0.25) is 0 Å². The molecule has 1 aromatic heterocycles. The first-order valence-electron chi connectivity index (χ1n) is 10.2. The van der Waals surface area contributed by atoms with E-state index >= 15 is 4.39 Å². The van der Waals surface area contributed by atoms with E-state index in [-0.39, 0.29) is 36.3 Å². The SMILES string of the molecule is CC1CN(c2c(C3OCCO3)cc3c(N4C(=O)OCC4C)noc3c2F)CC(C)O1. The van der Waals surface area contributed by atoms with E-state index in [1.807, 2.05) is 25.7 Å². The number of amides is 1. The van der Waals surface area contributed by atoms with Crippen LogP contribution in [0.3, 0.4) is 0 Å². The lowest BCUT2D eigenvalue weighted by molar-refractivity contribution is -0.0445. The van der Waals surface area contributed by atoms with Gasteiger partial charge in [0.05, 0.1) is 42.5 Å². The van der Waals surface area contributed by atoms with Crippen LogP contribution in [0.5, 0.6) is 0 Å². The number of carbonyl (C=O) groups is 1. The summed E-state index contributed by atoms with van der Waals surface area (Å²) in [7, 11) is 0. The third kappa shape index (κ3) is 3.10. The summed E-state index contributed by atoms with van der Waals surface area (Å²) in [6.45, 7) is 7.85. The molecule has 30 heavy (non-hydrogen) atoms. The van der Waals surface area contributed by atoms with Gasteiger partial charge in [-0.2, -0.15) is 0 Å². The zero-order valence-corrected chi connectivity index (χ0v) is 17.1. The van der Waals surface area contributed by atoms with Crippen molar-refractivity contribution in [2.75, 3.05) is 42.7 Å². The average molecular weight is 421 g/mol. The summed E-state index contributed by atoms with van der Waals surface area (Å²) in [5, 5.41) is 4.39. The normalized spacial score (nSPS) is 28.0. The lowest BCUT2D eigenvalue weighted by Gasteiger charge is -2.38. The van der Waals surface area contributed by atoms with Crippen LogP contribution >= 0.6 is 0 Å². The van der Waals surface area contributed by atoms with Crippen LogP contribution in [0.25, 0.3) is 11.0 Å². The number of benzene rings is 1. The number of fused-ring (bicyclic) bond motifs is 1. The van der Waals surface area contributed by atoms with E-state index in [0.29, 0.717) is 42.9 Å². The van der Waals surface area contributed by atoms with Crippen molar-refractivity contribution in [1.29, 1.82) is 0 Å². The second kappa shape index (κ2) is 7.36. The Hall–Kier alpha value is -2.43. The van der Waals surface area contributed by atoms with Gasteiger partial charge < -0.3 is 28.4 Å². The van der Waals surface area contributed by atoms with E-state index in [4.69, 9.17) is 23.5 Å². The number of anilines is 2. The number of ether oxygens (including phenoxy) is 4. The molecule has 0 N–H and O–H groups in total. The molecule has 0 saturated carbocycles. The zero-order valence-electron chi connectivity index (χ0n) is 17.1. The smallest absolute Gasteiger partial charge is 0.416 e. The Morgan fingerprint density at radius 2 is 1.83 bits per heavy atom. The van der Waals surface area contributed by atoms with Crippen LogP contribution in [0.4, 0.5) is 20.7 Å². The number of nitrogens with zero attached hydrogens (tertiary/aromatic N) is 3. The van der Waals surface area contributed by atoms with Gasteiger partial charge in [0.15, 0.2) is 17.9 Å². The molecule has 2 aromatic rings. The fourth-order valence-electron chi connectivity index (χ4n) is 4.42. The molecular formula is C20H24FN3O6. The van der Waals surface area contributed by atoms with Gasteiger partial charge in [0, 0.05) is 18.7 Å². The third-order valence-corrected chi connectivity index (χ3v) is 5.61. The summed E-state index contributed by atoms with van der Waals surface area (Å²) in [6, 6.07) is 1.51. The molecular weight excluding hydrogens is 397 g/mol. The van der Waals surface area contributed by atoms with Gasteiger partial charge in [0.2, 0.25) is 5.58 Å². The van der Waals surface area contributed by atoms with Gasteiger partial charge in [-0.1, -0.05) is 5.16 Å². The molecule has 1 amide bonds. The Kier molecular flexibility index (Phi) is 4.79. The van der Waals surface area contributed by atoms with Crippen LogP contribution in [-0.2, 0) is 18.9 Å². The highest BCUT2D eigenvalue weighted by Gasteiger charge is 2.38. The van der Waals surface area contributed by atoms with Crippen LogP contribution in [-0.4, -0.2) is 62.4 Å². The molecule has 9 nitrogen and oxygen atoms in total. The van der Waals surface area contributed by atoms with E-state index in [2.05, 4.69) is 5.16 Å². The standard InChI is InChI=1S/C20H24FN3O6/c1-10-9-28-20(25)24(10)18-14-6-13(19-26-4-5-27-19)16(15(21)17(14)30-22-18)23-7-11(2)29-12(3)8-23/h6,10-12,19H,4-5,7-9H2,1-3H3. The van der Waals surface area contributed by atoms with Crippen molar-refractivity contribution in [1.82, 2.24) is 5.16 Å². The summed E-state index contributed by atoms with van der Waals surface area (Å²) < 4.78 is 43.5. The number of hydrogen-bond acceptors (Lipinski definition) is 8. The minimum absolute atomic E-state index is 0.0135. The zero-order chi connectivity index (χ0) is 21.0. The van der Waals surface area contributed by atoms with Gasteiger partial charge in [0.1, 0.15) is 6.61 Å². The molecule has 5 rings (SSSR count). The first-order valence-corrected chi connectivity index (χ1v) is 10.2. The van der Waals surface area contributed by atoms with Crippen LogP contribution in [0, 0.1) is 5.82 Å². The summed E-state index contributed by atoms with van der Waals surface area (Å²) in [5.41, 5.74) is 0.889. The fraction of sp³-hybridized carbons (Fsp3) is 0.600. The van der Waals surface area contributed by atoms with Crippen LogP contribution < -0.4 is 9.80 Å². The minimum Gasteiger partial charge on any atom is -0.447 e. The highest BCUT2D eigenvalue weighted by atomic mass is 19.1. The molecule has 3 unspecified atom stereocenters. The summed E-state index contributed by atoms with van der Waals surface area (Å²) >= 11 is 0. The maximum Gasteiger partial charge on any atom is 0.416 e. The van der Waals surface area contributed by atoms with Crippen LogP contribution in [0.15, 0.2) is 10.6 Å². The number of halogens is 1. The Morgan fingerprint density at radius 3 is 2.47 bits per heavy atom. The summed E-state index contributed by atoms with van der Waals surface area (Å²) in [6.07, 6.45) is -1.37. The second-order valence-corrected chi connectivity index (χ2v) is 8.04. The number of hydrogen-bond donors (Lipinski definition) is 0. The van der Waals surface area contributed by atoms with Gasteiger partial charge in [-0.05, 0) is 26.8 Å². The molecule has 3 aliphatic rings. The van der Waals surface area contributed by atoms with E-state index < -0.39 is 18.2 Å². The average Bonchev–Trinajstić information content (AvgIpc) is 3.42. The van der Waals surface area contributed by atoms with Crippen LogP contribution in [0.1, 0.15) is 32.6 Å². The lowest BCUT2D eigenvalue weighted by Crippen LogP contribution is -2.46. The van der Waals surface area contributed by atoms with Gasteiger partial charge in [-0.15, -0.1) is 0 Å². The summed E-state index contributed by atoms with van der Waals surface area (Å²) in [4.78, 5) is 15.5. The lowest BCUT2D eigenvalue weighted by atomic mass is 10.0. The Morgan fingerprint density at radius 1 is 1.13 bits per heavy atom. The van der Waals surface area contributed by atoms with E-state index in [1.54, 1.807) is 6.07 Å². The van der Waals surface area contributed by atoms with Crippen molar-refractivity contribution in [3.05, 3.63) is 17.4 Å². The monoisotopic (exact) mass is 421 g/mol. The van der Waals surface area contributed by atoms with E-state index in [9.17, 15) is 4.79 Å². The highest BCUT2D eigenvalue weighted by Crippen LogP contribution is 2.42. The molecule has 0 radical (unpaired) electrons. The molecule has 1 aromatic carbocycles. The highest BCUT2D eigenvalue weighted by molar-refractivity contribution is 6.01. The van der Waals surface area contributed by atoms with Gasteiger partial charge in [-0.25, -0.2) is 9.18 Å². The maximum atomic E-state index is 15.9. The van der Waals surface area contributed by atoms with Gasteiger partial charge in [-0.3, -0.25) is 4.90 Å². The maximum absolute atomic E-state index is 15.9. The van der Waals surface area contributed by atoms with Crippen molar-refractivity contribution in [3.8, 4) is 0 Å². The molecule has 0 aliphatic carbocycles. The van der Waals surface area contributed by atoms with Gasteiger partial charge in [0.25, 0.3) is 0 Å². The predicted molar refractivity (Wildman–Crippen MR) is 104 cm³/mol. The Bertz CT molecular complexity index is 965. The van der Waals surface area contributed by atoms with Crippen molar-refractivity contribution in [2.45, 2.75) is 45.3 Å². The number of cyclic esters (lactones) is 1. The van der Waals surface area contributed by atoms with Crippen molar-refractivity contribution in [3.63, 3.8) is 0 Å². The number of rotatable bonds is 3. The molecule has 10 heteroatoms.